The van der Waals surface area contributed by atoms with Crippen molar-refractivity contribution in [2.45, 2.75) is 50.5 Å². The molecule has 144 valence electrons. The lowest BCUT2D eigenvalue weighted by Gasteiger charge is -2.26. The number of rotatable bonds is 9. The van der Waals surface area contributed by atoms with Gasteiger partial charge in [-0.1, -0.05) is 66.7 Å². The standard InChI is InChI=1S/C23H28O4/c1-3-14-23(2)22(24)21(26-16-19-12-8-5-9-13-19)20(27-23)17-25-15-18-10-6-4-7-11-18/h3-13,20-22,24H,1,14-17H2,2H3/t20-,21+,22-,23+/m0/s1. The van der Waals surface area contributed by atoms with E-state index in [2.05, 4.69) is 6.58 Å². The van der Waals surface area contributed by atoms with E-state index in [1.807, 2.05) is 67.6 Å². The van der Waals surface area contributed by atoms with Crippen LogP contribution in [0.2, 0.25) is 0 Å². The minimum atomic E-state index is -0.746. The molecule has 2 aromatic carbocycles. The molecule has 0 amide bonds. The predicted octanol–water partition coefficient (Wildman–Crippen LogP) is 3.88. The third-order valence-electron chi connectivity index (χ3n) is 4.95. The Hall–Kier alpha value is -1.98. The van der Waals surface area contributed by atoms with E-state index in [-0.39, 0.29) is 6.10 Å². The molecule has 1 fully saturated rings. The third-order valence-corrected chi connectivity index (χ3v) is 4.95. The van der Waals surface area contributed by atoms with Crippen molar-refractivity contribution in [1.29, 1.82) is 0 Å². The van der Waals surface area contributed by atoms with Crippen molar-refractivity contribution >= 4 is 0 Å². The van der Waals surface area contributed by atoms with Gasteiger partial charge in [-0.2, -0.15) is 0 Å². The quantitative estimate of drug-likeness (QED) is 0.683. The number of aliphatic hydroxyl groups is 1. The van der Waals surface area contributed by atoms with Gasteiger partial charge in [0.1, 0.15) is 18.3 Å². The highest BCUT2D eigenvalue weighted by Gasteiger charge is 2.51. The van der Waals surface area contributed by atoms with Crippen molar-refractivity contribution in [3.63, 3.8) is 0 Å². The van der Waals surface area contributed by atoms with Crippen molar-refractivity contribution in [1.82, 2.24) is 0 Å². The molecule has 1 aliphatic heterocycles. The molecule has 0 spiro atoms. The first kappa shape index (κ1) is 19.8. The Morgan fingerprint density at radius 3 is 2.22 bits per heavy atom. The second-order valence-electron chi connectivity index (χ2n) is 7.17. The van der Waals surface area contributed by atoms with Crippen molar-refractivity contribution in [3.8, 4) is 0 Å². The SMILES string of the molecule is C=CC[C@@]1(C)O[C@@H](COCc2ccccc2)[C@@H](OCc2ccccc2)[C@@H]1O. The Morgan fingerprint density at radius 1 is 1.04 bits per heavy atom. The minimum Gasteiger partial charge on any atom is -0.387 e. The van der Waals surface area contributed by atoms with Crippen molar-refractivity contribution in [2.75, 3.05) is 6.61 Å². The summed E-state index contributed by atoms with van der Waals surface area (Å²) < 4.78 is 18.1. The van der Waals surface area contributed by atoms with Crippen LogP contribution in [-0.4, -0.2) is 35.6 Å². The highest BCUT2D eigenvalue weighted by atomic mass is 16.6. The van der Waals surface area contributed by atoms with Crippen LogP contribution in [0.1, 0.15) is 24.5 Å². The van der Waals surface area contributed by atoms with Crippen molar-refractivity contribution in [2.24, 2.45) is 0 Å². The fourth-order valence-corrected chi connectivity index (χ4v) is 3.45. The molecule has 0 bridgehead atoms. The summed E-state index contributed by atoms with van der Waals surface area (Å²) in [6.07, 6.45) is 0.784. The number of hydrogen-bond donors (Lipinski definition) is 1. The molecule has 0 unspecified atom stereocenters. The van der Waals surface area contributed by atoms with Gasteiger partial charge in [0.15, 0.2) is 0 Å². The van der Waals surface area contributed by atoms with E-state index in [4.69, 9.17) is 14.2 Å². The Labute approximate surface area is 161 Å². The highest BCUT2D eigenvalue weighted by Crippen LogP contribution is 2.36. The maximum Gasteiger partial charge on any atom is 0.115 e. The van der Waals surface area contributed by atoms with Crippen molar-refractivity contribution in [3.05, 3.63) is 84.4 Å². The Bertz CT molecular complexity index is 703. The Kier molecular flexibility index (Phi) is 6.80. The van der Waals surface area contributed by atoms with Gasteiger partial charge >= 0.3 is 0 Å². The minimum absolute atomic E-state index is 0.336. The lowest BCUT2D eigenvalue weighted by Crippen LogP contribution is -2.41. The zero-order valence-electron chi connectivity index (χ0n) is 15.8. The molecule has 4 nitrogen and oxygen atoms in total. The number of hydrogen-bond acceptors (Lipinski definition) is 4. The lowest BCUT2D eigenvalue weighted by atomic mass is 9.93. The zero-order valence-corrected chi connectivity index (χ0v) is 15.8. The van der Waals surface area contributed by atoms with Gasteiger partial charge in [-0.05, 0) is 24.5 Å². The first-order chi connectivity index (χ1) is 13.1. The maximum atomic E-state index is 10.9. The van der Waals surface area contributed by atoms with Crippen LogP contribution < -0.4 is 0 Å². The van der Waals surface area contributed by atoms with Gasteiger partial charge < -0.3 is 19.3 Å². The van der Waals surface area contributed by atoms with Gasteiger partial charge in [0, 0.05) is 0 Å². The van der Waals surface area contributed by atoms with Gasteiger partial charge in [0.25, 0.3) is 0 Å². The molecule has 3 rings (SSSR count). The molecule has 1 saturated heterocycles. The summed E-state index contributed by atoms with van der Waals surface area (Å²) >= 11 is 0. The summed E-state index contributed by atoms with van der Waals surface area (Å²) in [6.45, 7) is 6.97. The van der Waals surface area contributed by atoms with E-state index in [0.717, 1.165) is 11.1 Å². The van der Waals surface area contributed by atoms with Gasteiger partial charge in [-0.15, -0.1) is 6.58 Å². The average molecular weight is 368 g/mol. The summed E-state index contributed by atoms with van der Waals surface area (Å²) in [6, 6.07) is 19.9. The zero-order chi connectivity index (χ0) is 19.1. The molecule has 0 saturated carbocycles. The summed E-state index contributed by atoms with van der Waals surface area (Å²) in [7, 11) is 0. The Morgan fingerprint density at radius 2 is 1.63 bits per heavy atom. The van der Waals surface area contributed by atoms with E-state index >= 15 is 0 Å². The van der Waals surface area contributed by atoms with Crippen LogP contribution in [0.25, 0.3) is 0 Å². The average Bonchev–Trinajstić information content (AvgIpc) is 2.92. The van der Waals surface area contributed by atoms with Crippen LogP contribution >= 0.6 is 0 Å². The van der Waals surface area contributed by atoms with Crippen molar-refractivity contribution < 1.29 is 19.3 Å². The largest absolute Gasteiger partial charge is 0.387 e. The second kappa shape index (κ2) is 9.29. The molecule has 0 aliphatic carbocycles. The lowest BCUT2D eigenvalue weighted by molar-refractivity contribution is -0.0942. The van der Waals surface area contributed by atoms with Crippen LogP contribution in [0.4, 0.5) is 0 Å². The molecule has 2 aromatic rings. The van der Waals surface area contributed by atoms with E-state index in [1.165, 1.54) is 0 Å². The summed E-state index contributed by atoms with van der Waals surface area (Å²) in [4.78, 5) is 0. The fraction of sp³-hybridized carbons (Fsp3) is 0.391. The van der Waals surface area contributed by atoms with E-state index in [0.29, 0.717) is 26.2 Å². The second-order valence-corrected chi connectivity index (χ2v) is 7.17. The van der Waals surface area contributed by atoms with Crippen LogP contribution in [0.3, 0.4) is 0 Å². The smallest absolute Gasteiger partial charge is 0.115 e. The topological polar surface area (TPSA) is 47.9 Å². The summed E-state index contributed by atoms with van der Waals surface area (Å²) in [5, 5.41) is 10.9. The number of ether oxygens (including phenoxy) is 3. The first-order valence-electron chi connectivity index (χ1n) is 9.36. The van der Waals surface area contributed by atoms with E-state index < -0.39 is 17.8 Å². The highest BCUT2D eigenvalue weighted by molar-refractivity contribution is 5.14. The molecule has 0 radical (unpaired) electrons. The van der Waals surface area contributed by atoms with Gasteiger partial charge in [-0.3, -0.25) is 0 Å². The van der Waals surface area contributed by atoms with Gasteiger partial charge in [-0.25, -0.2) is 0 Å². The summed E-state index contributed by atoms with van der Waals surface area (Å²) in [5.74, 6) is 0. The van der Waals surface area contributed by atoms with E-state index in [9.17, 15) is 5.11 Å². The van der Waals surface area contributed by atoms with Gasteiger partial charge in [0.05, 0.1) is 25.4 Å². The van der Waals surface area contributed by atoms with Crippen LogP contribution in [0.15, 0.2) is 73.3 Å². The number of aliphatic hydroxyl groups excluding tert-OH is 1. The fourth-order valence-electron chi connectivity index (χ4n) is 3.45. The molecule has 4 atom stereocenters. The first-order valence-corrected chi connectivity index (χ1v) is 9.36. The van der Waals surface area contributed by atoms with Gasteiger partial charge in [0.2, 0.25) is 0 Å². The molecule has 1 aliphatic rings. The molecule has 1 N–H and O–H groups in total. The molecular formula is C23H28O4. The molecule has 27 heavy (non-hydrogen) atoms. The number of benzene rings is 2. The third kappa shape index (κ3) is 5.05. The van der Waals surface area contributed by atoms with Crippen LogP contribution in [-0.2, 0) is 27.4 Å². The normalized spacial score (nSPS) is 27.6. The molecule has 4 heteroatoms. The van der Waals surface area contributed by atoms with E-state index in [1.54, 1.807) is 6.08 Å². The molecule has 1 heterocycles. The van der Waals surface area contributed by atoms with Crippen LogP contribution in [0.5, 0.6) is 0 Å². The predicted molar refractivity (Wildman–Crippen MR) is 105 cm³/mol. The maximum absolute atomic E-state index is 10.9. The summed E-state index contributed by atoms with van der Waals surface area (Å²) in [5.41, 5.74) is 1.45. The Balaban J connectivity index is 1.63. The molecule has 0 aromatic heterocycles. The molecular weight excluding hydrogens is 340 g/mol. The van der Waals surface area contributed by atoms with Crippen LogP contribution in [0, 0.1) is 0 Å². The monoisotopic (exact) mass is 368 g/mol.